The number of nitrogens with two attached hydrogens (primary N) is 1. The van der Waals surface area contributed by atoms with Crippen LogP contribution in [0.3, 0.4) is 0 Å². The van der Waals surface area contributed by atoms with Gasteiger partial charge in [0, 0.05) is 5.71 Å². The Bertz CT molecular complexity index is 195. The van der Waals surface area contributed by atoms with Gasteiger partial charge in [0.05, 0.1) is 6.42 Å². The van der Waals surface area contributed by atoms with Gasteiger partial charge in [-0.3, -0.25) is 9.79 Å². The van der Waals surface area contributed by atoms with Crippen molar-refractivity contribution in [2.45, 2.75) is 6.42 Å². The number of aliphatic imine (C=N–C) groups is 1. The SMILES string of the molecule is NC(=O)CC1=NCNC=C1. The third-order valence-electron chi connectivity index (χ3n) is 1.12. The Morgan fingerprint density at radius 3 is 3.20 bits per heavy atom. The van der Waals surface area contributed by atoms with E-state index in [9.17, 15) is 4.79 Å². The van der Waals surface area contributed by atoms with Gasteiger partial charge in [-0.1, -0.05) is 0 Å². The van der Waals surface area contributed by atoms with Gasteiger partial charge >= 0.3 is 0 Å². The van der Waals surface area contributed by atoms with E-state index >= 15 is 0 Å². The third kappa shape index (κ3) is 1.89. The highest BCUT2D eigenvalue weighted by atomic mass is 16.1. The summed E-state index contributed by atoms with van der Waals surface area (Å²) in [6.07, 6.45) is 3.73. The van der Waals surface area contributed by atoms with E-state index < -0.39 is 0 Å². The van der Waals surface area contributed by atoms with E-state index in [1.807, 2.05) is 0 Å². The lowest BCUT2D eigenvalue weighted by Crippen LogP contribution is -2.19. The van der Waals surface area contributed by atoms with Gasteiger partial charge in [0.1, 0.15) is 6.67 Å². The van der Waals surface area contributed by atoms with Crippen LogP contribution in [0.25, 0.3) is 0 Å². The smallest absolute Gasteiger partial charge is 0.223 e. The molecule has 1 heterocycles. The fraction of sp³-hybridized carbons (Fsp3) is 0.333. The first-order chi connectivity index (χ1) is 4.79. The summed E-state index contributed by atoms with van der Waals surface area (Å²) in [4.78, 5) is 14.3. The van der Waals surface area contributed by atoms with Crippen LogP contribution in [-0.2, 0) is 4.79 Å². The molecule has 0 radical (unpaired) electrons. The number of carbonyl (C=O) groups is 1. The summed E-state index contributed by atoms with van der Waals surface area (Å²) in [6, 6.07) is 0. The molecule has 0 aromatic carbocycles. The number of nitrogens with zero attached hydrogens (tertiary/aromatic N) is 1. The van der Waals surface area contributed by atoms with Gasteiger partial charge in [-0.2, -0.15) is 0 Å². The zero-order valence-corrected chi connectivity index (χ0v) is 5.50. The lowest BCUT2D eigenvalue weighted by molar-refractivity contribution is -0.116. The van der Waals surface area contributed by atoms with Gasteiger partial charge in [0.2, 0.25) is 5.91 Å². The van der Waals surface area contributed by atoms with Crippen molar-refractivity contribution >= 4 is 11.6 Å². The van der Waals surface area contributed by atoms with Crippen LogP contribution in [-0.4, -0.2) is 18.3 Å². The number of amides is 1. The summed E-state index contributed by atoms with van der Waals surface area (Å²) < 4.78 is 0. The molecule has 0 unspecified atom stereocenters. The minimum Gasteiger partial charge on any atom is -0.372 e. The maximum Gasteiger partial charge on any atom is 0.223 e. The Balaban J connectivity index is 2.48. The third-order valence-corrected chi connectivity index (χ3v) is 1.12. The van der Waals surface area contributed by atoms with Crippen LogP contribution < -0.4 is 11.1 Å². The predicted molar refractivity (Wildman–Crippen MR) is 38.4 cm³/mol. The molecule has 0 fully saturated rings. The molecule has 3 N–H and O–H groups in total. The highest BCUT2D eigenvalue weighted by molar-refractivity contribution is 6.06. The molecular formula is C6H9N3O. The summed E-state index contributed by atoms with van der Waals surface area (Å²) in [5, 5.41) is 2.87. The molecule has 4 nitrogen and oxygen atoms in total. The first-order valence-corrected chi connectivity index (χ1v) is 3.00. The van der Waals surface area contributed by atoms with Crippen LogP contribution in [0.2, 0.25) is 0 Å². The van der Waals surface area contributed by atoms with Gasteiger partial charge < -0.3 is 11.1 Å². The summed E-state index contributed by atoms with van der Waals surface area (Å²) in [6.45, 7) is 0.541. The number of carbonyl (C=O) groups excluding carboxylic acids is 1. The highest BCUT2D eigenvalue weighted by Gasteiger charge is 2.01. The van der Waals surface area contributed by atoms with Crippen molar-refractivity contribution in [3.63, 3.8) is 0 Å². The van der Waals surface area contributed by atoms with Crippen molar-refractivity contribution in [3.05, 3.63) is 12.3 Å². The quantitative estimate of drug-likeness (QED) is 0.535. The minimum atomic E-state index is -0.342. The average molecular weight is 139 g/mol. The lowest BCUT2D eigenvalue weighted by Gasteiger charge is -2.04. The molecule has 0 aromatic heterocycles. The number of rotatable bonds is 2. The second-order valence-corrected chi connectivity index (χ2v) is 1.99. The summed E-state index contributed by atoms with van der Waals surface area (Å²) in [5.74, 6) is -0.342. The van der Waals surface area contributed by atoms with Crippen LogP contribution in [0.1, 0.15) is 6.42 Å². The van der Waals surface area contributed by atoms with Crippen LogP contribution in [0.4, 0.5) is 0 Å². The second kappa shape index (κ2) is 3.00. The molecule has 0 saturated heterocycles. The summed E-state index contributed by atoms with van der Waals surface area (Å²) in [7, 11) is 0. The minimum absolute atomic E-state index is 0.234. The van der Waals surface area contributed by atoms with E-state index in [-0.39, 0.29) is 12.3 Å². The molecule has 0 atom stereocenters. The average Bonchev–Trinajstić information content (AvgIpc) is 1.88. The largest absolute Gasteiger partial charge is 0.372 e. The van der Waals surface area contributed by atoms with Crippen LogP contribution in [0.5, 0.6) is 0 Å². The molecule has 4 heteroatoms. The summed E-state index contributed by atoms with van der Waals surface area (Å²) in [5.41, 5.74) is 5.69. The van der Waals surface area contributed by atoms with Crippen molar-refractivity contribution in [2.24, 2.45) is 10.7 Å². The second-order valence-electron chi connectivity index (χ2n) is 1.99. The Morgan fingerprint density at radius 1 is 1.90 bits per heavy atom. The zero-order chi connectivity index (χ0) is 7.40. The number of hydrogen-bond donors (Lipinski definition) is 2. The standard InChI is InChI=1S/C6H9N3O/c7-6(10)3-5-1-2-8-4-9-5/h1-2,8H,3-4H2,(H2,7,10). The van der Waals surface area contributed by atoms with E-state index in [2.05, 4.69) is 10.3 Å². The number of nitrogens with one attached hydrogen (secondary N) is 1. The molecule has 1 aliphatic rings. The molecule has 10 heavy (non-hydrogen) atoms. The topological polar surface area (TPSA) is 67.5 Å². The van der Waals surface area contributed by atoms with Gasteiger partial charge in [0.25, 0.3) is 0 Å². The number of primary amides is 1. The van der Waals surface area contributed by atoms with Gasteiger partial charge in [0.15, 0.2) is 0 Å². The molecule has 0 bridgehead atoms. The Hall–Kier alpha value is -1.32. The first kappa shape index (κ1) is 6.80. The Kier molecular flexibility index (Phi) is 2.04. The van der Waals surface area contributed by atoms with Crippen molar-refractivity contribution < 1.29 is 4.79 Å². The van der Waals surface area contributed by atoms with Crippen molar-refractivity contribution in [3.8, 4) is 0 Å². The molecule has 1 rings (SSSR count). The number of hydrogen-bond acceptors (Lipinski definition) is 3. The van der Waals surface area contributed by atoms with Gasteiger partial charge in [-0.15, -0.1) is 0 Å². The highest BCUT2D eigenvalue weighted by Crippen LogP contribution is 1.91. The monoisotopic (exact) mass is 139 g/mol. The van der Waals surface area contributed by atoms with Crippen molar-refractivity contribution in [2.75, 3.05) is 6.67 Å². The molecule has 0 aliphatic carbocycles. The van der Waals surface area contributed by atoms with Crippen molar-refractivity contribution in [1.82, 2.24) is 5.32 Å². The van der Waals surface area contributed by atoms with E-state index in [4.69, 9.17) is 5.73 Å². The lowest BCUT2D eigenvalue weighted by atomic mass is 10.2. The molecule has 1 aliphatic heterocycles. The van der Waals surface area contributed by atoms with Crippen LogP contribution in [0.15, 0.2) is 17.3 Å². The zero-order valence-electron chi connectivity index (χ0n) is 5.50. The maximum absolute atomic E-state index is 10.4. The Morgan fingerprint density at radius 2 is 2.70 bits per heavy atom. The van der Waals surface area contributed by atoms with Crippen LogP contribution in [0, 0.1) is 0 Å². The van der Waals surface area contributed by atoms with E-state index in [1.54, 1.807) is 12.3 Å². The maximum atomic E-state index is 10.4. The van der Waals surface area contributed by atoms with Crippen LogP contribution >= 0.6 is 0 Å². The molecule has 0 saturated carbocycles. The molecule has 0 spiro atoms. The normalized spacial score (nSPS) is 15.8. The van der Waals surface area contributed by atoms with E-state index in [1.165, 1.54) is 0 Å². The predicted octanol–water partition coefficient (Wildman–Crippen LogP) is -0.623. The van der Waals surface area contributed by atoms with Gasteiger partial charge in [-0.05, 0) is 12.3 Å². The summed E-state index contributed by atoms with van der Waals surface area (Å²) >= 11 is 0. The molecule has 1 amide bonds. The first-order valence-electron chi connectivity index (χ1n) is 3.00. The van der Waals surface area contributed by atoms with E-state index in [0.29, 0.717) is 6.67 Å². The fourth-order valence-electron chi connectivity index (χ4n) is 0.701. The van der Waals surface area contributed by atoms with E-state index in [0.717, 1.165) is 5.71 Å². The molecule has 54 valence electrons. The van der Waals surface area contributed by atoms with Crippen molar-refractivity contribution in [1.29, 1.82) is 0 Å². The number of allylic oxidation sites excluding steroid dienone is 1. The van der Waals surface area contributed by atoms with Gasteiger partial charge in [-0.25, -0.2) is 0 Å². The Labute approximate surface area is 58.8 Å². The fourth-order valence-corrected chi connectivity index (χ4v) is 0.701. The molecule has 0 aromatic rings. The molecular weight excluding hydrogens is 130 g/mol.